The summed E-state index contributed by atoms with van der Waals surface area (Å²) in [5.74, 6) is 4.53. The van der Waals surface area contributed by atoms with Crippen molar-refractivity contribution >= 4 is 5.91 Å². The first-order valence-electron chi connectivity index (χ1n) is 7.22. The van der Waals surface area contributed by atoms with E-state index < -0.39 is 5.82 Å². The molecular weight excluding hydrogens is 269 g/mol. The number of aliphatic hydroxyl groups is 1. The van der Waals surface area contributed by atoms with Gasteiger partial charge in [0.25, 0.3) is 5.91 Å². The molecule has 1 fully saturated rings. The van der Waals surface area contributed by atoms with Gasteiger partial charge in [-0.2, -0.15) is 0 Å². The molecule has 1 aromatic carbocycles. The molecule has 1 aliphatic carbocycles. The molecule has 112 valence electrons. The number of halogens is 1. The predicted octanol–water partition coefficient (Wildman–Crippen LogP) is 2.48. The fourth-order valence-electron chi connectivity index (χ4n) is 2.32. The van der Waals surface area contributed by atoms with E-state index in [1.165, 1.54) is 18.6 Å². The lowest BCUT2D eigenvalue weighted by atomic mass is 9.70. The van der Waals surface area contributed by atoms with Gasteiger partial charge in [-0.1, -0.05) is 25.2 Å². The maximum atomic E-state index is 13.8. The van der Waals surface area contributed by atoms with Crippen LogP contribution < -0.4 is 5.32 Å². The summed E-state index contributed by atoms with van der Waals surface area (Å²) in [5.41, 5.74) is 0.748. The minimum atomic E-state index is -0.511. The molecule has 4 heteroatoms. The van der Waals surface area contributed by atoms with E-state index in [9.17, 15) is 9.18 Å². The molecule has 2 rings (SSSR count). The molecule has 0 atom stereocenters. The minimum Gasteiger partial charge on any atom is -0.395 e. The highest BCUT2D eigenvalue weighted by atomic mass is 19.1. The molecule has 1 saturated carbocycles. The number of carbonyl (C=O) groups excluding carboxylic acids is 1. The van der Waals surface area contributed by atoms with Crippen LogP contribution >= 0.6 is 0 Å². The molecule has 0 spiro atoms. The van der Waals surface area contributed by atoms with Gasteiger partial charge >= 0.3 is 0 Å². The highest BCUT2D eigenvalue weighted by Crippen LogP contribution is 2.39. The van der Waals surface area contributed by atoms with Crippen LogP contribution in [0.5, 0.6) is 0 Å². The number of amides is 1. The Balaban J connectivity index is 1.98. The maximum Gasteiger partial charge on any atom is 0.251 e. The van der Waals surface area contributed by atoms with Crippen LogP contribution in [0.4, 0.5) is 4.39 Å². The van der Waals surface area contributed by atoms with Gasteiger partial charge in [-0.15, -0.1) is 0 Å². The van der Waals surface area contributed by atoms with Crippen molar-refractivity contribution < 1.29 is 14.3 Å². The third kappa shape index (κ3) is 4.05. The van der Waals surface area contributed by atoms with E-state index in [4.69, 9.17) is 5.11 Å². The van der Waals surface area contributed by atoms with Gasteiger partial charge in [0.1, 0.15) is 5.82 Å². The predicted molar refractivity (Wildman–Crippen MR) is 79.3 cm³/mol. The van der Waals surface area contributed by atoms with Crippen molar-refractivity contribution in [3.63, 3.8) is 0 Å². The molecule has 0 heterocycles. The van der Waals surface area contributed by atoms with E-state index in [2.05, 4.69) is 24.1 Å². The Morgan fingerprint density at radius 3 is 2.81 bits per heavy atom. The molecule has 2 N–H and O–H groups in total. The lowest BCUT2D eigenvalue weighted by Gasteiger charge is -2.38. The fraction of sp³-hybridized carbons (Fsp3) is 0.471. The van der Waals surface area contributed by atoms with Crippen LogP contribution in [0, 0.1) is 23.1 Å². The Hall–Kier alpha value is -1.86. The second-order valence-corrected chi connectivity index (χ2v) is 5.82. The van der Waals surface area contributed by atoms with Gasteiger partial charge in [0.15, 0.2) is 0 Å². The van der Waals surface area contributed by atoms with Crippen molar-refractivity contribution in [3.05, 3.63) is 35.1 Å². The fourth-order valence-corrected chi connectivity index (χ4v) is 2.32. The van der Waals surface area contributed by atoms with Crippen LogP contribution in [0.15, 0.2) is 18.2 Å². The van der Waals surface area contributed by atoms with E-state index in [1.54, 1.807) is 6.07 Å². The number of hydrogen-bond donors (Lipinski definition) is 2. The molecule has 0 radical (unpaired) electrons. The lowest BCUT2D eigenvalue weighted by molar-refractivity contribution is 0.0890. The summed E-state index contributed by atoms with van der Waals surface area (Å²) in [6, 6.07) is 4.28. The number of nitrogens with one attached hydrogen (secondary N) is 1. The van der Waals surface area contributed by atoms with E-state index >= 15 is 0 Å². The Kier molecular flexibility index (Phi) is 4.98. The van der Waals surface area contributed by atoms with E-state index in [1.807, 2.05) is 0 Å². The summed E-state index contributed by atoms with van der Waals surface area (Å²) in [5, 5.41) is 11.5. The number of benzene rings is 1. The average Bonchev–Trinajstić information content (AvgIpc) is 2.44. The summed E-state index contributed by atoms with van der Waals surface area (Å²) in [7, 11) is 0. The number of hydrogen-bond acceptors (Lipinski definition) is 2. The molecule has 1 aliphatic rings. The summed E-state index contributed by atoms with van der Waals surface area (Å²) in [6.07, 6.45) is 3.77. The van der Waals surface area contributed by atoms with Gasteiger partial charge in [-0.25, -0.2) is 4.39 Å². The number of rotatable bonds is 4. The molecule has 1 aromatic rings. The van der Waals surface area contributed by atoms with Gasteiger partial charge in [-0.05, 0) is 36.5 Å². The van der Waals surface area contributed by atoms with Gasteiger partial charge in [0, 0.05) is 18.5 Å². The van der Waals surface area contributed by atoms with Crippen molar-refractivity contribution in [1.82, 2.24) is 5.32 Å². The van der Waals surface area contributed by atoms with Gasteiger partial charge < -0.3 is 10.4 Å². The molecule has 21 heavy (non-hydrogen) atoms. The summed E-state index contributed by atoms with van der Waals surface area (Å²) < 4.78 is 13.8. The van der Waals surface area contributed by atoms with E-state index in [0.717, 1.165) is 12.8 Å². The summed E-state index contributed by atoms with van der Waals surface area (Å²) >= 11 is 0. The monoisotopic (exact) mass is 289 g/mol. The van der Waals surface area contributed by atoms with Crippen LogP contribution in [0.3, 0.4) is 0 Å². The van der Waals surface area contributed by atoms with Crippen molar-refractivity contribution in [1.29, 1.82) is 0 Å². The summed E-state index contributed by atoms with van der Waals surface area (Å²) in [6.45, 7) is 2.73. The molecule has 0 bridgehead atoms. The molecule has 0 saturated heterocycles. The van der Waals surface area contributed by atoms with Crippen LogP contribution in [-0.2, 0) is 0 Å². The van der Waals surface area contributed by atoms with E-state index in [0.29, 0.717) is 18.5 Å². The minimum absolute atomic E-state index is 0.0477. The third-order valence-electron chi connectivity index (χ3n) is 3.93. The topological polar surface area (TPSA) is 49.3 Å². The number of carbonyl (C=O) groups is 1. The maximum absolute atomic E-state index is 13.8. The highest BCUT2D eigenvalue weighted by molar-refractivity contribution is 5.94. The highest BCUT2D eigenvalue weighted by Gasteiger charge is 2.31. The molecule has 0 unspecified atom stereocenters. The molecular formula is C17H20FNO2. The lowest BCUT2D eigenvalue weighted by Crippen LogP contribution is -2.39. The molecule has 1 amide bonds. The Bertz CT molecular complexity index is 582. The standard InChI is InChI=1S/C17H20FNO2/c1-17(8-4-9-17)12-19-16(21)14-7-6-13(15(18)11-14)5-2-3-10-20/h6-7,11,20H,3-4,8-10,12H2,1H3,(H,19,21). The first-order chi connectivity index (χ1) is 10.0. The van der Waals surface area contributed by atoms with Gasteiger partial charge in [0.2, 0.25) is 0 Å². The van der Waals surface area contributed by atoms with Gasteiger partial charge in [-0.3, -0.25) is 4.79 Å². The Morgan fingerprint density at radius 1 is 1.48 bits per heavy atom. The van der Waals surface area contributed by atoms with E-state index in [-0.39, 0.29) is 23.5 Å². The van der Waals surface area contributed by atoms with Crippen LogP contribution in [-0.4, -0.2) is 24.2 Å². The average molecular weight is 289 g/mol. The number of aliphatic hydroxyl groups excluding tert-OH is 1. The third-order valence-corrected chi connectivity index (χ3v) is 3.93. The largest absolute Gasteiger partial charge is 0.395 e. The van der Waals surface area contributed by atoms with Crippen molar-refractivity contribution in [2.45, 2.75) is 32.6 Å². The smallest absolute Gasteiger partial charge is 0.251 e. The normalized spacial score (nSPS) is 15.6. The second-order valence-electron chi connectivity index (χ2n) is 5.82. The molecule has 0 aromatic heterocycles. The SMILES string of the molecule is CC1(CNC(=O)c2ccc(C#CCCO)c(F)c2)CCC1. The summed E-state index contributed by atoms with van der Waals surface area (Å²) in [4.78, 5) is 12.0. The van der Waals surface area contributed by atoms with Crippen molar-refractivity contribution in [2.24, 2.45) is 5.41 Å². The second kappa shape index (κ2) is 6.73. The first-order valence-corrected chi connectivity index (χ1v) is 7.22. The molecule has 3 nitrogen and oxygen atoms in total. The van der Waals surface area contributed by atoms with Crippen molar-refractivity contribution in [3.8, 4) is 11.8 Å². The van der Waals surface area contributed by atoms with Crippen LogP contribution in [0.25, 0.3) is 0 Å². The Labute approximate surface area is 124 Å². The molecule has 0 aliphatic heterocycles. The van der Waals surface area contributed by atoms with Crippen LogP contribution in [0.1, 0.15) is 48.5 Å². The van der Waals surface area contributed by atoms with Crippen LogP contribution in [0.2, 0.25) is 0 Å². The Morgan fingerprint density at radius 2 is 2.24 bits per heavy atom. The zero-order valence-corrected chi connectivity index (χ0v) is 12.2. The quantitative estimate of drug-likeness (QED) is 0.837. The zero-order chi connectivity index (χ0) is 15.3. The van der Waals surface area contributed by atoms with Crippen molar-refractivity contribution in [2.75, 3.05) is 13.2 Å². The zero-order valence-electron chi connectivity index (χ0n) is 12.2. The van der Waals surface area contributed by atoms with Gasteiger partial charge in [0.05, 0.1) is 12.2 Å². The first kappa shape index (κ1) is 15.5.